The molecule has 0 saturated carbocycles. The minimum Gasteiger partial charge on any atom is -0.348 e. The van der Waals surface area contributed by atoms with E-state index in [2.05, 4.69) is 10.4 Å². The fraction of sp³-hybridized carbons (Fsp3) is 0.250. The second-order valence-electron chi connectivity index (χ2n) is 7.80. The summed E-state index contributed by atoms with van der Waals surface area (Å²) in [5, 5.41) is 7.65. The average molecular weight is 449 g/mol. The highest BCUT2D eigenvalue weighted by molar-refractivity contribution is 5.81. The summed E-state index contributed by atoms with van der Waals surface area (Å²) in [7, 11) is 0. The van der Waals surface area contributed by atoms with Gasteiger partial charge < -0.3 is 5.32 Å². The molecule has 1 amide bonds. The van der Waals surface area contributed by atoms with E-state index in [0.29, 0.717) is 16.6 Å². The molecule has 0 bridgehead atoms. The van der Waals surface area contributed by atoms with E-state index >= 15 is 0 Å². The summed E-state index contributed by atoms with van der Waals surface area (Å²) in [5.41, 5.74) is 1.83. The predicted octanol–water partition coefficient (Wildman–Crippen LogP) is 2.69. The zero-order chi connectivity index (χ0) is 23.7. The molecule has 170 valence electrons. The molecule has 0 spiro atoms. The molecular weight excluding hydrogens is 425 g/mol. The predicted molar refractivity (Wildman–Crippen MR) is 123 cm³/mol. The maximum Gasteiger partial charge on any atom is 0.331 e. The Morgan fingerprint density at radius 1 is 1.09 bits per heavy atom. The molecule has 9 heteroatoms. The molecule has 2 aromatic heterocycles. The molecule has 0 aliphatic heterocycles. The van der Waals surface area contributed by atoms with Gasteiger partial charge in [-0.3, -0.25) is 18.7 Å². The zero-order valence-electron chi connectivity index (χ0n) is 18.6. The van der Waals surface area contributed by atoms with Crippen LogP contribution in [0.2, 0.25) is 0 Å². The highest BCUT2D eigenvalue weighted by Gasteiger charge is 2.19. The Morgan fingerprint density at radius 2 is 1.79 bits per heavy atom. The number of hydrogen-bond donors (Lipinski definition) is 1. The third-order valence-corrected chi connectivity index (χ3v) is 5.71. The third-order valence-electron chi connectivity index (χ3n) is 5.71. The van der Waals surface area contributed by atoms with Crippen LogP contribution in [0.3, 0.4) is 0 Å². The minimum absolute atomic E-state index is 0.211. The molecule has 0 fully saturated rings. The maximum absolute atomic E-state index is 13.2. The number of carbonyl (C=O) groups is 1. The molecule has 0 aliphatic rings. The number of halogens is 1. The molecule has 0 aliphatic carbocycles. The summed E-state index contributed by atoms with van der Waals surface area (Å²) < 4.78 is 17.3. The molecule has 4 aromatic rings. The van der Waals surface area contributed by atoms with Crippen LogP contribution in [0, 0.1) is 12.7 Å². The Balaban J connectivity index is 1.59. The molecule has 4 rings (SSSR count). The van der Waals surface area contributed by atoms with Gasteiger partial charge in [-0.05, 0) is 57.2 Å². The first-order chi connectivity index (χ1) is 15.8. The van der Waals surface area contributed by atoms with E-state index in [9.17, 15) is 18.8 Å². The standard InChI is InChI=1S/C24H24FN5O3/c1-4-28-23(32)19-7-5-6-8-21(19)29(24(28)33)14-22(31)27-15(2)20-13-26-30(16(20)3)18-11-9-17(25)10-12-18/h5-13,15H,4,14H2,1-3H3,(H,27,31). The number of amides is 1. The SMILES string of the molecule is CCn1c(=O)c2ccccc2n(CC(=O)NC(C)c2cnn(-c3ccc(F)cc3)c2C)c1=O. The quantitative estimate of drug-likeness (QED) is 0.490. The van der Waals surface area contributed by atoms with Crippen LogP contribution >= 0.6 is 0 Å². The van der Waals surface area contributed by atoms with Crippen molar-refractivity contribution in [3.8, 4) is 5.69 Å². The molecule has 2 aromatic carbocycles. The molecule has 8 nitrogen and oxygen atoms in total. The Kier molecular flexibility index (Phi) is 5.95. The molecule has 0 radical (unpaired) electrons. The summed E-state index contributed by atoms with van der Waals surface area (Å²) >= 11 is 0. The van der Waals surface area contributed by atoms with E-state index in [0.717, 1.165) is 15.8 Å². The highest BCUT2D eigenvalue weighted by atomic mass is 19.1. The lowest BCUT2D eigenvalue weighted by Crippen LogP contribution is -2.42. The van der Waals surface area contributed by atoms with Gasteiger partial charge in [-0.25, -0.2) is 13.9 Å². The van der Waals surface area contributed by atoms with Crippen LogP contribution in [0.5, 0.6) is 0 Å². The summed E-state index contributed by atoms with van der Waals surface area (Å²) in [6.45, 7) is 5.39. The third kappa shape index (κ3) is 4.09. The number of nitrogens with one attached hydrogen (secondary N) is 1. The number of aromatic nitrogens is 4. The molecule has 2 heterocycles. The monoisotopic (exact) mass is 449 g/mol. The fourth-order valence-corrected chi connectivity index (χ4v) is 4.00. The topological polar surface area (TPSA) is 90.9 Å². The summed E-state index contributed by atoms with van der Waals surface area (Å²) in [6, 6.07) is 12.3. The van der Waals surface area contributed by atoms with Gasteiger partial charge in [0, 0.05) is 17.8 Å². The van der Waals surface area contributed by atoms with Crippen molar-refractivity contribution in [3.63, 3.8) is 0 Å². The lowest BCUT2D eigenvalue weighted by Gasteiger charge is -2.16. The van der Waals surface area contributed by atoms with Crippen molar-refractivity contribution in [1.29, 1.82) is 0 Å². The van der Waals surface area contributed by atoms with E-state index in [-0.39, 0.29) is 36.4 Å². The first-order valence-electron chi connectivity index (χ1n) is 10.6. The molecule has 33 heavy (non-hydrogen) atoms. The van der Waals surface area contributed by atoms with E-state index in [4.69, 9.17) is 0 Å². The lowest BCUT2D eigenvalue weighted by molar-refractivity contribution is -0.122. The van der Waals surface area contributed by atoms with E-state index < -0.39 is 5.69 Å². The van der Waals surface area contributed by atoms with Gasteiger partial charge in [0.05, 0.1) is 28.8 Å². The number of carbonyl (C=O) groups excluding carboxylic acids is 1. The maximum atomic E-state index is 13.2. The van der Waals surface area contributed by atoms with Gasteiger partial charge in [-0.1, -0.05) is 12.1 Å². The Labute approximate surface area is 188 Å². The van der Waals surface area contributed by atoms with Gasteiger partial charge in [0.25, 0.3) is 5.56 Å². The Morgan fingerprint density at radius 3 is 2.48 bits per heavy atom. The lowest BCUT2D eigenvalue weighted by atomic mass is 10.1. The number of hydrogen-bond acceptors (Lipinski definition) is 4. The number of nitrogens with zero attached hydrogens (tertiary/aromatic N) is 4. The van der Waals surface area contributed by atoms with Gasteiger partial charge in [0.1, 0.15) is 12.4 Å². The average Bonchev–Trinajstić information content (AvgIpc) is 3.19. The first kappa shape index (κ1) is 22.2. The summed E-state index contributed by atoms with van der Waals surface area (Å²) in [4.78, 5) is 38.3. The van der Waals surface area contributed by atoms with Crippen LogP contribution in [-0.4, -0.2) is 24.8 Å². The van der Waals surface area contributed by atoms with Crippen LogP contribution in [0.1, 0.15) is 31.1 Å². The fourth-order valence-electron chi connectivity index (χ4n) is 4.00. The van der Waals surface area contributed by atoms with Crippen molar-refractivity contribution < 1.29 is 9.18 Å². The van der Waals surface area contributed by atoms with E-state index in [1.807, 2.05) is 13.8 Å². The Hall–Kier alpha value is -4.01. The second kappa shape index (κ2) is 8.85. The van der Waals surface area contributed by atoms with Crippen molar-refractivity contribution >= 4 is 16.8 Å². The normalized spacial score (nSPS) is 12.1. The number of fused-ring (bicyclic) bond motifs is 1. The van der Waals surface area contributed by atoms with E-state index in [1.54, 1.807) is 54.2 Å². The highest BCUT2D eigenvalue weighted by Crippen LogP contribution is 2.20. The van der Waals surface area contributed by atoms with Crippen LogP contribution in [0.15, 0.2) is 64.3 Å². The zero-order valence-corrected chi connectivity index (χ0v) is 18.6. The van der Waals surface area contributed by atoms with Crippen molar-refractivity contribution in [2.75, 3.05) is 0 Å². The van der Waals surface area contributed by atoms with Crippen molar-refractivity contribution in [2.45, 2.75) is 39.9 Å². The van der Waals surface area contributed by atoms with Crippen LogP contribution in [0.4, 0.5) is 4.39 Å². The number of rotatable bonds is 6. The van der Waals surface area contributed by atoms with Crippen molar-refractivity contribution in [1.82, 2.24) is 24.2 Å². The van der Waals surface area contributed by atoms with Crippen LogP contribution < -0.4 is 16.6 Å². The van der Waals surface area contributed by atoms with Gasteiger partial charge in [-0.15, -0.1) is 0 Å². The first-order valence-corrected chi connectivity index (χ1v) is 10.6. The Bertz CT molecular complexity index is 1450. The molecule has 1 unspecified atom stereocenters. The van der Waals surface area contributed by atoms with Gasteiger partial charge in [0.15, 0.2) is 0 Å². The van der Waals surface area contributed by atoms with Crippen LogP contribution in [-0.2, 0) is 17.9 Å². The van der Waals surface area contributed by atoms with E-state index in [1.165, 1.54) is 16.7 Å². The number of benzene rings is 2. The summed E-state index contributed by atoms with van der Waals surface area (Å²) in [5.74, 6) is -0.702. The smallest absolute Gasteiger partial charge is 0.331 e. The van der Waals surface area contributed by atoms with Crippen LogP contribution in [0.25, 0.3) is 16.6 Å². The van der Waals surface area contributed by atoms with Gasteiger partial charge >= 0.3 is 5.69 Å². The largest absolute Gasteiger partial charge is 0.348 e. The summed E-state index contributed by atoms with van der Waals surface area (Å²) in [6.07, 6.45) is 1.66. The molecular formula is C24H24FN5O3. The molecule has 0 saturated heterocycles. The second-order valence-corrected chi connectivity index (χ2v) is 7.80. The number of para-hydroxylation sites is 1. The molecule has 1 atom stereocenters. The minimum atomic E-state index is -0.524. The van der Waals surface area contributed by atoms with Crippen molar-refractivity contribution in [2.24, 2.45) is 0 Å². The van der Waals surface area contributed by atoms with Gasteiger partial charge in [0.2, 0.25) is 5.91 Å². The molecule has 1 N–H and O–H groups in total. The van der Waals surface area contributed by atoms with Gasteiger partial charge in [-0.2, -0.15) is 5.10 Å². The van der Waals surface area contributed by atoms with Crippen molar-refractivity contribution in [3.05, 3.63) is 92.6 Å².